The number of nitrogens with one attached hydrogen (secondary N) is 2. The highest BCUT2D eigenvalue weighted by atomic mass is 19.1. The zero-order valence-corrected chi connectivity index (χ0v) is 15.2. The molecule has 0 aromatic carbocycles. The minimum Gasteiger partial charge on any atom is -0.462 e. The highest BCUT2D eigenvalue weighted by Crippen LogP contribution is 2.28. The normalized spacial score (nSPS) is 22.5. The van der Waals surface area contributed by atoms with E-state index in [1.807, 2.05) is 0 Å². The van der Waals surface area contributed by atoms with Crippen LogP contribution in [-0.4, -0.2) is 63.1 Å². The Morgan fingerprint density at radius 1 is 1.52 bits per heavy atom. The molecule has 0 spiro atoms. The van der Waals surface area contributed by atoms with Crippen LogP contribution in [0.25, 0.3) is 11.0 Å². The number of alkyl halides is 1. The molecule has 8 nitrogen and oxygen atoms in total. The first-order chi connectivity index (χ1) is 13.0. The summed E-state index contributed by atoms with van der Waals surface area (Å²) < 4.78 is 19.7. The maximum atomic E-state index is 14.7. The first kappa shape index (κ1) is 18.8. The number of hydrogen-bond acceptors (Lipinski definition) is 6. The molecule has 1 aliphatic heterocycles. The number of piperidine rings is 1. The van der Waals surface area contributed by atoms with Gasteiger partial charge in [-0.1, -0.05) is 6.58 Å². The molecule has 0 bridgehead atoms. The molecule has 0 saturated carbocycles. The number of esters is 1. The number of nitrogens with zero attached hydrogens (tertiary/aromatic N) is 3. The van der Waals surface area contributed by atoms with Crippen LogP contribution in [0, 0.1) is 0 Å². The molecule has 1 fully saturated rings. The number of likely N-dealkylation sites (tertiary alicyclic amines) is 1. The number of hydrogen-bond donors (Lipinski definition) is 2. The number of amides is 1. The number of rotatable bonds is 5. The molecule has 1 aliphatic rings. The molecular weight excluding hydrogens is 353 g/mol. The van der Waals surface area contributed by atoms with Crippen molar-refractivity contribution in [1.29, 1.82) is 0 Å². The van der Waals surface area contributed by atoms with Gasteiger partial charge in [0.25, 0.3) is 0 Å². The lowest BCUT2D eigenvalue weighted by atomic mass is 9.97. The number of halogens is 1. The molecule has 3 rings (SSSR count). The highest BCUT2D eigenvalue weighted by molar-refractivity contribution is 6.07. The fourth-order valence-corrected chi connectivity index (χ4v) is 3.30. The fourth-order valence-electron chi connectivity index (χ4n) is 3.30. The molecule has 1 amide bonds. The van der Waals surface area contributed by atoms with Crippen LogP contribution in [0.15, 0.2) is 25.2 Å². The average Bonchev–Trinajstić information content (AvgIpc) is 3.08. The van der Waals surface area contributed by atoms with Crippen LogP contribution in [0.5, 0.6) is 0 Å². The Morgan fingerprint density at radius 2 is 2.30 bits per heavy atom. The van der Waals surface area contributed by atoms with Crippen molar-refractivity contribution in [1.82, 2.24) is 19.9 Å². The van der Waals surface area contributed by atoms with E-state index in [1.54, 1.807) is 18.7 Å². The summed E-state index contributed by atoms with van der Waals surface area (Å²) in [6, 6.07) is -0.899. The fraction of sp³-hybridized carbons (Fsp3) is 0.444. The van der Waals surface area contributed by atoms with Gasteiger partial charge in [-0.3, -0.25) is 4.79 Å². The third-order valence-corrected chi connectivity index (χ3v) is 4.67. The lowest BCUT2D eigenvalue weighted by Crippen LogP contribution is -2.54. The molecule has 2 aromatic heterocycles. The zero-order chi connectivity index (χ0) is 19.6. The Bertz CT molecular complexity index is 868. The zero-order valence-electron chi connectivity index (χ0n) is 15.2. The summed E-state index contributed by atoms with van der Waals surface area (Å²) in [6.07, 6.45) is 3.06. The van der Waals surface area contributed by atoms with Crippen molar-refractivity contribution in [2.24, 2.45) is 0 Å². The van der Waals surface area contributed by atoms with Gasteiger partial charge in [-0.05, 0) is 19.9 Å². The number of carbonyl (C=O) groups is 2. The molecule has 0 unspecified atom stereocenters. The summed E-state index contributed by atoms with van der Waals surface area (Å²) in [4.78, 5) is 37.0. The van der Waals surface area contributed by atoms with Gasteiger partial charge in [0.15, 0.2) is 0 Å². The van der Waals surface area contributed by atoms with E-state index in [0.29, 0.717) is 16.9 Å². The van der Waals surface area contributed by atoms with E-state index in [-0.39, 0.29) is 37.1 Å². The summed E-state index contributed by atoms with van der Waals surface area (Å²) in [6.45, 7) is 7.41. The van der Waals surface area contributed by atoms with Crippen molar-refractivity contribution in [3.05, 3.63) is 30.7 Å². The minimum atomic E-state index is -1.18. The largest absolute Gasteiger partial charge is 0.462 e. The second-order valence-corrected chi connectivity index (χ2v) is 6.41. The quantitative estimate of drug-likeness (QED) is 0.613. The molecule has 3 atom stereocenters. The molecule has 27 heavy (non-hydrogen) atoms. The number of ether oxygens (including phenoxy) is 1. The van der Waals surface area contributed by atoms with Crippen LogP contribution in [0.2, 0.25) is 0 Å². The van der Waals surface area contributed by atoms with Crippen LogP contribution in [-0.2, 0) is 9.53 Å². The van der Waals surface area contributed by atoms with E-state index >= 15 is 0 Å². The van der Waals surface area contributed by atoms with Crippen molar-refractivity contribution >= 4 is 28.7 Å². The number of fused-ring (bicyclic) bond motifs is 1. The van der Waals surface area contributed by atoms with Gasteiger partial charge < -0.3 is 19.9 Å². The predicted molar refractivity (Wildman–Crippen MR) is 98.1 cm³/mol. The van der Waals surface area contributed by atoms with E-state index in [4.69, 9.17) is 4.74 Å². The average molecular weight is 375 g/mol. The molecule has 2 N–H and O–H groups in total. The van der Waals surface area contributed by atoms with Gasteiger partial charge in [-0.25, -0.2) is 19.2 Å². The summed E-state index contributed by atoms with van der Waals surface area (Å²) in [5, 5.41) is 3.48. The van der Waals surface area contributed by atoms with E-state index in [2.05, 4.69) is 26.8 Å². The number of anilines is 1. The van der Waals surface area contributed by atoms with E-state index in [9.17, 15) is 14.0 Å². The highest BCUT2D eigenvalue weighted by Gasteiger charge is 2.36. The van der Waals surface area contributed by atoms with Gasteiger partial charge >= 0.3 is 5.97 Å². The molecule has 2 aromatic rings. The minimum absolute atomic E-state index is 0.165. The topological polar surface area (TPSA) is 100 Å². The van der Waals surface area contributed by atoms with E-state index in [1.165, 1.54) is 18.6 Å². The Hall–Kier alpha value is -2.97. The monoisotopic (exact) mass is 375 g/mol. The summed E-state index contributed by atoms with van der Waals surface area (Å²) in [5.41, 5.74) is 0.711. The van der Waals surface area contributed by atoms with Gasteiger partial charge in [0, 0.05) is 25.2 Å². The number of aromatic nitrogens is 3. The van der Waals surface area contributed by atoms with Crippen LogP contribution < -0.4 is 5.32 Å². The standard InChI is InChI=1S/C18H22FN5O3/c1-4-14(25)24-8-13(12(19)6-10(24)3)23-17-15-11(18(26)27-5-2)7-20-16(15)21-9-22-17/h4,7,9-10,12-13H,1,5-6,8H2,2-3H3,(H2,20,21,22,23)/t10-,12-,13-/m1/s1. The van der Waals surface area contributed by atoms with Crippen molar-refractivity contribution in [3.63, 3.8) is 0 Å². The predicted octanol–water partition coefficient (Wildman–Crippen LogP) is 2.06. The smallest absolute Gasteiger partial charge is 0.340 e. The Morgan fingerprint density at radius 3 is 3.00 bits per heavy atom. The van der Waals surface area contributed by atoms with E-state index < -0.39 is 18.2 Å². The van der Waals surface area contributed by atoms with Crippen molar-refractivity contribution in [2.75, 3.05) is 18.5 Å². The van der Waals surface area contributed by atoms with Gasteiger partial charge in [0.1, 0.15) is 24.0 Å². The van der Waals surface area contributed by atoms with Crippen LogP contribution in [0.3, 0.4) is 0 Å². The maximum absolute atomic E-state index is 14.7. The van der Waals surface area contributed by atoms with Crippen LogP contribution in [0.4, 0.5) is 10.2 Å². The SMILES string of the molecule is C=CC(=O)N1C[C@@H](Nc2ncnc3[nH]cc(C(=O)OCC)c23)[C@H](F)C[C@H]1C. The van der Waals surface area contributed by atoms with Gasteiger partial charge in [0.2, 0.25) is 5.91 Å². The Labute approximate surface area is 155 Å². The van der Waals surface area contributed by atoms with Gasteiger partial charge in [-0.2, -0.15) is 0 Å². The number of H-pyrrole nitrogens is 1. The van der Waals surface area contributed by atoms with Crippen LogP contribution in [0.1, 0.15) is 30.6 Å². The molecule has 0 radical (unpaired) electrons. The molecule has 0 aliphatic carbocycles. The maximum Gasteiger partial charge on any atom is 0.340 e. The first-order valence-electron chi connectivity index (χ1n) is 8.79. The van der Waals surface area contributed by atoms with E-state index in [0.717, 1.165) is 0 Å². The second-order valence-electron chi connectivity index (χ2n) is 6.41. The first-order valence-corrected chi connectivity index (χ1v) is 8.79. The molecule has 3 heterocycles. The second kappa shape index (κ2) is 7.73. The van der Waals surface area contributed by atoms with Crippen molar-refractivity contribution in [2.45, 2.75) is 38.5 Å². The van der Waals surface area contributed by atoms with Crippen molar-refractivity contribution < 1.29 is 18.7 Å². The third-order valence-electron chi connectivity index (χ3n) is 4.67. The van der Waals surface area contributed by atoms with Gasteiger partial charge in [0.05, 0.1) is 23.6 Å². The summed E-state index contributed by atoms with van der Waals surface area (Å²) in [5.74, 6) is -0.445. The lowest BCUT2D eigenvalue weighted by Gasteiger charge is -2.40. The Kier molecular flexibility index (Phi) is 5.38. The third kappa shape index (κ3) is 3.62. The number of carbonyl (C=O) groups excluding carboxylic acids is 2. The van der Waals surface area contributed by atoms with Crippen LogP contribution >= 0.6 is 0 Å². The summed E-state index contributed by atoms with van der Waals surface area (Å²) >= 11 is 0. The molecule has 9 heteroatoms. The number of aromatic amines is 1. The summed E-state index contributed by atoms with van der Waals surface area (Å²) in [7, 11) is 0. The molecule has 1 saturated heterocycles. The molecular formula is C18H22FN5O3. The Balaban J connectivity index is 1.91. The lowest BCUT2D eigenvalue weighted by molar-refractivity contribution is -0.130. The van der Waals surface area contributed by atoms with Gasteiger partial charge in [-0.15, -0.1) is 0 Å². The van der Waals surface area contributed by atoms with Crippen molar-refractivity contribution in [3.8, 4) is 0 Å². The molecule has 144 valence electrons.